The Bertz CT molecular complexity index is 378. The predicted octanol–water partition coefficient (Wildman–Crippen LogP) is 6.14. The van der Waals surface area contributed by atoms with Crippen molar-refractivity contribution in [1.82, 2.24) is 5.43 Å². The maximum absolute atomic E-state index is 6.10. The fourth-order valence-corrected chi connectivity index (χ4v) is 3.49. The number of hydrogen-bond acceptors (Lipinski definition) is 2. The summed E-state index contributed by atoms with van der Waals surface area (Å²) in [5, 5.41) is 0.746. The SMILES string of the molecule is CCCCCCCCCCC(NN)c1cc(Cl)cc(Br)c1. The zero-order valence-corrected chi connectivity index (χ0v) is 15.3. The van der Waals surface area contributed by atoms with Crippen molar-refractivity contribution in [3.63, 3.8) is 0 Å². The van der Waals surface area contributed by atoms with Crippen LogP contribution < -0.4 is 11.3 Å². The summed E-state index contributed by atoms with van der Waals surface area (Å²) in [4.78, 5) is 0. The van der Waals surface area contributed by atoms with Crippen molar-refractivity contribution in [1.29, 1.82) is 0 Å². The third-order valence-electron chi connectivity index (χ3n) is 3.83. The van der Waals surface area contributed by atoms with Crippen LogP contribution in [0.5, 0.6) is 0 Å². The van der Waals surface area contributed by atoms with Gasteiger partial charge in [-0.1, -0.05) is 85.8 Å². The zero-order valence-electron chi connectivity index (χ0n) is 13.0. The minimum absolute atomic E-state index is 0.181. The molecule has 0 bridgehead atoms. The molecule has 0 fully saturated rings. The second kappa shape index (κ2) is 11.5. The normalized spacial score (nSPS) is 12.6. The second-order valence-electron chi connectivity index (χ2n) is 5.69. The highest BCUT2D eigenvalue weighted by Gasteiger charge is 2.10. The molecular weight excluding hydrogens is 348 g/mol. The van der Waals surface area contributed by atoms with E-state index in [1.165, 1.54) is 51.4 Å². The van der Waals surface area contributed by atoms with Gasteiger partial charge in [-0.25, -0.2) is 0 Å². The molecule has 0 aliphatic rings. The molecule has 0 saturated heterocycles. The number of unbranched alkanes of at least 4 members (excludes halogenated alkanes) is 7. The van der Waals surface area contributed by atoms with E-state index >= 15 is 0 Å². The van der Waals surface area contributed by atoms with E-state index < -0.39 is 0 Å². The van der Waals surface area contributed by atoms with Crippen LogP contribution in [-0.2, 0) is 0 Å². The molecule has 120 valence electrons. The summed E-state index contributed by atoms with van der Waals surface area (Å²) >= 11 is 9.58. The van der Waals surface area contributed by atoms with Crippen molar-refractivity contribution in [3.05, 3.63) is 33.3 Å². The van der Waals surface area contributed by atoms with E-state index in [9.17, 15) is 0 Å². The van der Waals surface area contributed by atoms with Crippen molar-refractivity contribution in [3.8, 4) is 0 Å². The number of halogens is 2. The molecule has 0 saturated carbocycles. The zero-order chi connectivity index (χ0) is 15.5. The molecule has 0 aliphatic heterocycles. The Balaban J connectivity index is 2.25. The van der Waals surface area contributed by atoms with Crippen molar-refractivity contribution < 1.29 is 0 Å². The number of hydrazine groups is 1. The maximum atomic E-state index is 6.10. The van der Waals surface area contributed by atoms with Gasteiger partial charge in [-0.15, -0.1) is 0 Å². The molecule has 4 heteroatoms. The fourth-order valence-electron chi connectivity index (χ4n) is 2.60. The van der Waals surface area contributed by atoms with Gasteiger partial charge in [0.25, 0.3) is 0 Å². The molecule has 0 heterocycles. The highest BCUT2D eigenvalue weighted by Crippen LogP contribution is 2.26. The number of nitrogens with two attached hydrogens (primary N) is 1. The van der Waals surface area contributed by atoms with Crippen LogP contribution in [0.3, 0.4) is 0 Å². The number of rotatable bonds is 11. The second-order valence-corrected chi connectivity index (χ2v) is 7.04. The van der Waals surface area contributed by atoms with Crippen LogP contribution in [-0.4, -0.2) is 0 Å². The average Bonchev–Trinajstić information content (AvgIpc) is 2.44. The minimum atomic E-state index is 0.181. The fraction of sp³-hybridized carbons (Fsp3) is 0.647. The van der Waals surface area contributed by atoms with Gasteiger partial charge in [0.1, 0.15) is 0 Å². The van der Waals surface area contributed by atoms with Gasteiger partial charge in [-0.3, -0.25) is 11.3 Å². The molecule has 1 unspecified atom stereocenters. The summed E-state index contributed by atoms with van der Waals surface area (Å²) in [6.45, 7) is 2.26. The van der Waals surface area contributed by atoms with Crippen LogP contribution in [0, 0.1) is 0 Å². The Labute approximate surface area is 142 Å². The highest BCUT2D eigenvalue weighted by molar-refractivity contribution is 9.10. The van der Waals surface area contributed by atoms with Crippen LogP contribution >= 0.6 is 27.5 Å². The first-order valence-electron chi connectivity index (χ1n) is 8.09. The smallest absolute Gasteiger partial charge is 0.0460 e. The summed E-state index contributed by atoms with van der Waals surface area (Å²) in [6, 6.07) is 6.15. The molecule has 0 spiro atoms. The van der Waals surface area contributed by atoms with Crippen LogP contribution in [0.25, 0.3) is 0 Å². The molecule has 2 nitrogen and oxygen atoms in total. The summed E-state index contributed by atoms with van der Waals surface area (Å²) in [5.74, 6) is 5.69. The van der Waals surface area contributed by atoms with E-state index in [4.69, 9.17) is 17.4 Å². The predicted molar refractivity (Wildman–Crippen MR) is 96.4 cm³/mol. The lowest BCUT2D eigenvalue weighted by molar-refractivity contribution is 0.475. The molecule has 21 heavy (non-hydrogen) atoms. The van der Waals surface area contributed by atoms with Crippen molar-refractivity contribution >= 4 is 27.5 Å². The molecule has 1 aromatic carbocycles. The van der Waals surface area contributed by atoms with Gasteiger partial charge in [0, 0.05) is 15.5 Å². The Morgan fingerprint density at radius 1 is 1.05 bits per heavy atom. The lowest BCUT2D eigenvalue weighted by Crippen LogP contribution is -2.28. The quantitative estimate of drug-likeness (QED) is 0.277. The number of benzene rings is 1. The molecular formula is C17H28BrClN2. The summed E-state index contributed by atoms with van der Waals surface area (Å²) in [5.41, 5.74) is 4.06. The van der Waals surface area contributed by atoms with E-state index in [0.29, 0.717) is 0 Å². The van der Waals surface area contributed by atoms with Gasteiger partial charge >= 0.3 is 0 Å². The molecule has 1 aromatic rings. The maximum Gasteiger partial charge on any atom is 0.0460 e. The first-order chi connectivity index (χ1) is 10.2. The van der Waals surface area contributed by atoms with Crippen molar-refractivity contribution in [2.75, 3.05) is 0 Å². The van der Waals surface area contributed by atoms with Crippen LogP contribution in [0.1, 0.15) is 76.3 Å². The van der Waals surface area contributed by atoms with E-state index in [1.54, 1.807) is 0 Å². The first kappa shape index (κ1) is 19.0. The van der Waals surface area contributed by atoms with Crippen LogP contribution in [0.4, 0.5) is 0 Å². The molecule has 0 aromatic heterocycles. The summed E-state index contributed by atoms with van der Waals surface area (Å²) < 4.78 is 1.00. The lowest BCUT2D eigenvalue weighted by atomic mass is 10.00. The number of hydrogen-bond donors (Lipinski definition) is 2. The Kier molecular flexibility index (Phi) is 10.4. The molecule has 0 radical (unpaired) electrons. The first-order valence-corrected chi connectivity index (χ1v) is 9.26. The number of nitrogens with one attached hydrogen (secondary N) is 1. The molecule has 1 rings (SSSR count). The van der Waals surface area contributed by atoms with Gasteiger partial charge < -0.3 is 0 Å². The van der Waals surface area contributed by atoms with Crippen molar-refractivity contribution in [2.45, 2.75) is 70.8 Å². The third-order valence-corrected chi connectivity index (χ3v) is 4.51. The van der Waals surface area contributed by atoms with Gasteiger partial charge in [0.2, 0.25) is 0 Å². The van der Waals surface area contributed by atoms with E-state index in [2.05, 4.69) is 34.3 Å². The van der Waals surface area contributed by atoms with Gasteiger partial charge in [0.15, 0.2) is 0 Å². The van der Waals surface area contributed by atoms with E-state index in [-0.39, 0.29) is 6.04 Å². The molecule has 3 N–H and O–H groups in total. The van der Waals surface area contributed by atoms with Gasteiger partial charge in [0.05, 0.1) is 0 Å². The Morgan fingerprint density at radius 2 is 1.67 bits per heavy atom. The monoisotopic (exact) mass is 374 g/mol. The van der Waals surface area contributed by atoms with Crippen molar-refractivity contribution in [2.24, 2.45) is 5.84 Å². The van der Waals surface area contributed by atoms with Crippen LogP contribution in [0.2, 0.25) is 5.02 Å². The molecule has 1 atom stereocenters. The highest BCUT2D eigenvalue weighted by atomic mass is 79.9. The molecule has 0 amide bonds. The Hall–Kier alpha value is -0.0900. The largest absolute Gasteiger partial charge is 0.271 e. The lowest BCUT2D eigenvalue weighted by Gasteiger charge is -2.17. The van der Waals surface area contributed by atoms with Gasteiger partial charge in [-0.2, -0.15) is 0 Å². The topological polar surface area (TPSA) is 38.0 Å². The Morgan fingerprint density at radius 3 is 2.24 bits per heavy atom. The van der Waals surface area contributed by atoms with Gasteiger partial charge in [-0.05, 0) is 30.2 Å². The summed E-state index contributed by atoms with van der Waals surface area (Å²) in [6.07, 6.45) is 11.7. The minimum Gasteiger partial charge on any atom is -0.271 e. The van der Waals surface area contributed by atoms with E-state index in [0.717, 1.165) is 21.5 Å². The third kappa shape index (κ3) is 8.20. The van der Waals surface area contributed by atoms with E-state index in [1.807, 2.05) is 12.1 Å². The summed E-state index contributed by atoms with van der Waals surface area (Å²) in [7, 11) is 0. The standard InChI is InChI=1S/C17H28BrClN2/c1-2-3-4-5-6-7-8-9-10-17(21-20)14-11-15(18)13-16(19)12-14/h11-13,17,21H,2-10,20H2,1H3. The average molecular weight is 376 g/mol. The molecule has 0 aliphatic carbocycles. The van der Waals surface area contributed by atoms with Crippen LogP contribution in [0.15, 0.2) is 22.7 Å².